The van der Waals surface area contributed by atoms with Gasteiger partial charge in [0.25, 0.3) is 0 Å². The summed E-state index contributed by atoms with van der Waals surface area (Å²) in [6.45, 7) is 41.3. The van der Waals surface area contributed by atoms with E-state index in [4.69, 9.17) is 13.9 Å². The molecule has 0 N–H and O–H groups in total. The van der Waals surface area contributed by atoms with Crippen LogP contribution in [-0.4, -0.2) is 49.4 Å². The first-order chi connectivity index (χ1) is 11.1. The Morgan fingerprint density at radius 1 is 0.276 bits per heavy atom. The minimum absolute atomic E-state index is 0. The second kappa shape index (κ2) is 15.2. The smallest absolute Gasteiger partial charge is 0.668 e. The van der Waals surface area contributed by atoms with Gasteiger partial charge in [-0.2, -0.15) is 0 Å². The third kappa shape index (κ3) is 58.9. The summed E-state index contributed by atoms with van der Waals surface area (Å²) in [4.78, 5) is 0. The molecular formula is C19H57N3Si6U. The van der Waals surface area contributed by atoms with Crippen LogP contribution in [0.4, 0.5) is 0 Å². The fourth-order valence-corrected chi connectivity index (χ4v) is 27.2. The maximum atomic E-state index is 4.82. The molecule has 0 fully saturated rings. The fraction of sp³-hybridized carbons (Fsp3) is 0.947. The first-order valence-corrected chi connectivity index (χ1v) is 31.0. The van der Waals surface area contributed by atoms with Crippen molar-refractivity contribution in [3.63, 3.8) is 0 Å². The van der Waals surface area contributed by atoms with Crippen LogP contribution in [0.2, 0.25) is 118 Å². The van der Waals surface area contributed by atoms with Gasteiger partial charge >= 0.3 is 31.1 Å². The Kier molecular flexibility index (Phi) is 21.7. The predicted octanol–water partition coefficient (Wildman–Crippen LogP) is 9.54. The summed E-state index contributed by atoms with van der Waals surface area (Å²) in [6.07, 6.45) is 0. The van der Waals surface area contributed by atoms with E-state index in [0.29, 0.717) is 0 Å². The Labute approximate surface area is 218 Å². The summed E-state index contributed by atoms with van der Waals surface area (Å²) in [5.74, 6) is 0. The van der Waals surface area contributed by atoms with Crippen LogP contribution < -0.4 is 0 Å². The second-order valence-corrected chi connectivity index (χ2v) is 42.1. The first-order valence-electron chi connectivity index (χ1n) is 10.3. The minimum atomic E-state index is -1.11. The van der Waals surface area contributed by atoms with Crippen LogP contribution in [0.5, 0.6) is 0 Å². The topological polar surface area (TPSA) is 42.3 Å². The molecule has 0 aliphatic heterocycles. The van der Waals surface area contributed by atoms with Gasteiger partial charge in [0.2, 0.25) is 0 Å². The van der Waals surface area contributed by atoms with Crippen molar-refractivity contribution in [2.75, 3.05) is 0 Å². The Morgan fingerprint density at radius 3 is 0.345 bits per heavy atom. The van der Waals surface area contributed by atoms with Gasteiger partial charge in [0.1, 0.15) is 0 Å². The third-order valence-corrected chi connectivity index (χ3v) is 18.1. The van der Waals surface area contributed by atoms with E-state index >= 15 is 0 Å². The van der Waals surface area contributed by atoms with Crippen LogP contribution in [0, 0.1) is 38.5 Å². The largest absolute Gasteiger partial charge is 4.00 e. The maximum absolute atomic E-state index is 4.82. The Balaban J connectivity index is -0.0000000960. The SMILES string of the molecule is C[Si](C)(C)[N-][Si](C)(C)C.C[Si](C)(C)[N-][Si](C)(C)C.C[Si](C)(C)[N-][Si](C)(C)C.[CH3-].[U+4]. The third-order valence-electron chi connectivity index (χ3n) is 2.01. The zero-order valence-electron chi connectivity index (χ0n) is 23.8. The Hall–Kier alpha value is 2.23. The number of hydrogen-bond donors (Lipinski definition) is 0. The summed E-state index contributed by atoms with van der Waals surface area (Å²) in [5.41, 5.74) is 0. The van der Waals surface area contributed by atoms with Gasteiger partial charge in [-0.25, -0.2) is 0 Å². The normalized spacial score (nSPS) is 13.0. The van der Waals surface area contributed by atoms with E-state index in [9.17, 15) is 0 Å². The van der Waals surface area contributed by atoms with Crippen molar-refractivity contribution in [1.29, 1.82) is 0 Å². The zero-order valence-corrected chi connectivity index (χ0v) is 34.0. The molecule has 0 saturated heterocycles. The van der Waals surface area contributed by atoms with Crippen LogP contribution in [0.15, 0.2) is 0 Å². The van der Waals surface area contributed by atoms with Crippen molar-refractivity contribution in [2.24, 2.45) is 0 Å². The molecule has 0 unspecified atom stereocenters. The first kappa shape index (κ1) is 41.5. The molecule has 176 valence electrons. The number of nitrogens with zero attached hydrogens (tertiary/aromatic N) is 3. The Bertz CT molecular complexity index is 297. The van der Waals surface area contributed by atoms with E-state index in [0.717, 1.165) is 0 Å². The molecule has 0 amide bonds. The van der Waals surface area contributed by atoms with Gasteiger partial charge in [-0.15, -0.1) is 0 Å². The molecule has 0 aromatic heterocycles. The maximum Gasteiger partial charge on any atom is 4.00 e. The van der Waals surface area contributed by atoms with Crippen LogP contribution in [0.1, 0.15) is 0 Å². The predicted molar refractivity (Wildman–Crippen MR) is 157 cm³/mol. The molecule has 0 atom stereocenters. The van der Waals surface area contributed by atoms with Crippen LogP contribution in [0.3, 0.4) is 0 Å². The minimum Gasteiger partial charge on any atom is -0.668 e. The van der Waals surface area contributed by atoms with E-state index < -0.39 is 49.4 Å². The van der Waals surface area contributed by atoms with E-state index in [2.05, 4.69) is 118 Å². The zero-order chi connectivity index (χ0) is 23.1. The number of rotatable bonds is 6. The summed E-state index contributed by atoms with van der Waals surface area (Å²) in [5, 5.41) is 0. The second-order valence-electron chi connectivity index (χ2n) is 13.4. The molecule has 0 aromatic carbocycles. The molecule has 0 heterocycles. The molecule has 3 nitrogen and oxygen atoms in total. The molecule has 0 aliphatic carbocycles. The van der Waals surface area contributed by atoms with Crippen molar-refractivity contribution >= 4 is 49.4 Å². The molecule has 0 saturated carbocycles. The van der Waals surface area contributed by atoms with Gasteiger partial charge in [-0.1, -0.05) is 167 Å². The average molecular weight is 734 g/mol. The molecule has 0 bridgehead atoms. The summed E-state index contributed by atoms with van der Waals surface area (Å²) in [7, 11) is -6.64. The van der Waals surface area contributed by atoms with Gasteiger partial charge in [-0.3, -0.25) is 0 Å². The standard InChI is InChI=1S/3C6H18NSi2.CH3.U/c3*1-8(2,3)7-9(4,5)6;;/h3*1-6H3;1H3;/q4*-1;+4. The molecular weight excluding hydrogens is 677 g/mol. The van der Waals surface area contributed by atoms with Crippen molar-refractivity contribution < 1.29 is 31.1 Å². The summed E-state index contributed by atoms with van der Waals surface area (Å²) >= 11 is 0. The van der Waals surface area contributed by atoms with E-state index in [1.807, 2.05) is 0 Å². The van der Waals surface area contributed by atoms with E-state index in [1.54, 1.807) is 0 Å². The molecule has 0 radical (unpaired) electrons. The summed E-state index contributed by atoms with van der Waals surface area (Å²) in [6, 6.07) is 0. The number of hydrogen-bond acceptors (Lipinski definition) is 0. The van der Waals surface area contributed by atoms with Gasteiger partial charge in [0, 0.05) is 0 Å². The summed E-state index contributed by atoms with van der Waals surface area (Å²) < 4.78 is 14.5. The molecule has 0 aromatic rings. The van der Waals surface area contributed by atoms with Gasteiger partial charge in [0.05, 0.1) is 0 Å². The molecule has 0 spiro atoms. The Morgan fingerprint density at radius 2 is 0.345 bits per heavy atom. The van der Waals surface area contributed by atoms with Crippen LogP contribution in [0.25, 0.3) is 13.9 Å². The van der Waals surface area contributed by atoms with Crippen LogP contribution >= 0.6 is 0 Å². The monoisotopic (exact) mass is 733 g/mol. The van der Waals surface area contributed by atoms with Gasteiger partial charge in [-0.05, 0) is 0 Å². The van der Waals surface area contributed by atoms with E-state index in [1.165, 1.54) is 0 Å². The van der Waals surface area contributed by atoms with Crippen LogP contribution in [-0.2, 0) is 0 Å². The molecule has 10 heteroatoms. The van der Waals surface area contributed by atoms with Crippen molar-refractivity contribution in [3.8, 4) is 0 Å². The van der Waals surface area contributed by atoms with Crippen molar-refractivity contribution in [2.45, 2.75) is 118 Å². The molecule has 29 heavy (non-hydrogen) atoms. The van der Waals surface area contributed by atoms with Gasteiger partial charge < -0.3 is 21.4 Å². The molecule has 0 aliphatic rings. The van der Waals surface area contributed by atoms with E-state index in [-0.39, 0.29) is 38.5 Å². The molecule has 0 rings (SSSR count). The van der Waals surface area contributed by atoms with Gasteiger partial charge in [0.15, 0.2) is 0 Å². The van der Waals surface area contributed by atoms with Crippen molar-refractivity contribution in [1.82, 2.24) is 0 Å². The quantitative estimate of drug-likeness (QED) is 0.193. The fourth-order valence-electron chi connectivity index (χ4n) is 3.02. The average Bonchev–Trinajstić information content (AvgIpc) is 1.96. The van der Waals surface area contributed by atoms with Crippen molar-refractivity contribution in [3.05, 3.63) is 21.4 Å².